The molecule has 0 aromatic carbocycles. The molecule has 0 saturated heterocycles. The zero-order valence-electron chi connectivity index (χ0n) is 19.2. The Morgan fingerprint density at radius 3 is 2.45 bits per heavy atom. The fraction of sp³-hybridized carbons (Fsp3) is 0.800. The number of ketones is 1. The van der Waals surface area contributed by atoms with Crippen LogP contribution in [0.1, 0.15) is 79.1 Å². The Bertz CT molecular complexity index is 817. The lowest BCUT2D eigenvalue weighted by atomic mass is 9.46. The summed E-state index contributed by atoms with van der Waals surface area (Å²) in [4.78, 5) is 35.3. The van der Waals surface area contributed by atoms with E-state index in [0.29, 0.717) is 30.6 Å². The highest BCUT2D eigenvalue weighted by atomic mass is 16.6. The van der Waals surface area contributed by atoms with Gasteiger partial charge in [0, 0.05) is 25.7 Å². The van der Waals surface area contributed by atoms with Gasteiger partial charge in [-0.15, -0.1) is 0 Å². The molecule has 1 N–H and O–H groups in total. The van der Waals surface area contributed by atoms with Gasteiger partial charge in [0.1, 0.15) is 12.2 Å². The van der Waals surface area contributed by atoms with Gasteiger partial charge in [0.05, 0.1) is 0 Å². The van der Waals surface area contributed by atoms with E-state index in [1.165, 1.54) is 19.4 Å². The quantitative estimate of drug-likeness (QED) is 0.681. The SMILES string of the molecule is CC(=O)OC[C@@H](OC(C)=O)[C@@]1(O)CC[C@@H]2[C@H]3CCC4=CC(=O)CC[C@]4(C)[C@@H]3CC[C@@]21C. The maximum Gasteiger partial charge on any atom is 0.303 e. The highest BCUT2D eigenvalue weighted by Gasteiger charge is 2.66. The molecule has 0 aromatic heterocycles. The number of hydrogen-bond acceptors (Lipinski definition) is 6. The first-order valence-electron chi connectivity index (χ1n) is 11.8. The van der Waals surface area contributed by atoms with Crippen molar-refractivity contribution in [3.63, 3.8) is 0 Å². The topological polar surface area (TPSA) is 89.9 Å². The van der Waals surface area contributed by atoms with Crippen LogP contribution in [0.4, 0.5) is 0 Å². The first-order valence-corrected chi connectivity index (χ1v) is 11.8. The summed E-state index contributed by atoms with van der Waals surface area (Å²) in [5, 5.41) is 12.0. The van der Waals surface area contributed by atoms with E-state index in [1.807, 2.05) is 6.08 Å². The van der Waals surface area contributed by atoms with Crippen molar-refractivity contribution in [1.29, 1.82) is 0 Å². The molecule has 31 heavy (non-hydrogen) atoms. The third-order valence-corrected chi connectivity index (χ3v) is 9.46. The smallest absolute Gasteiger partial charge is 0.303 e. The normalized spacial score (nSPS) is 42.5. The summed E-state index contributed by atoms with van der Waals surface area (Å²) in [6.45, 7) is 7.02. The van der Waals surface area contributed by atoms with E-state index in [0.717, 1.165) is 38.5 Å². The number of carbonyl (C=O) groups is 3. The predicted octanol–water partition coefficient (Wildman–Crippen LogP) is 3.74. The van der Waals surface area contributed by atoms with Crippen LogP contribution < -0.4 is 0 Å². The van der Waals surface area contributed by atoms with Gasteiger partial charge in [-0.2, -0.15) is 0 Å². The monoisotopic (exact) mass is 432 g/mol. The van der Waals surface area contributed by atoms with E-state index in [-0.39, 0.29) is 17.8 Å². The minimum Gasteiger partial charge on any atom is -0.462 e. The largest absolute Gasteiger partial charge is 0.462 e. The van der Waals surface area contributed by atoms with E-state index in [1.54, 1.807) is 0 Å². The van der Waals surface area contributed by atoms with Crippen LogP contribution in [0, 0.1) is 28.6 Å². The molecule has 4 aliphatic rings. The first-order chi connectivity index (χ1) is 14.5. The van der Waals surface area contributed by atoms with Gasteiger partial charge in [0.25, 0.3) is 0 Å². The molecule has 3 fully saturated rings. The Balaban J connectivity index is 1.63. The Labute approximate surface area is 184 Å². The van der Waals surface area contributed by atoms with Crippen LogP contribution in [0.3, 0.4) is 0 Å². The van der Waals surface area contributed by atoms with Crippen LogP contribution in [-0.4, -0.2) is 41.1 Å². The summed E-state index contributed by atoms with van der Waals surface area (Å²) in [5.74, 6) is 0.657. The number of ether oxygens (including phenoxy) is 2. The molecule has 0 amide bonds. The van der Waals surface area contributed by atoms with Crippen LogP contribution in [0.5, 0.6) is 0 Å². The fourth-order valence-electron chi connectivity index (χ4n) is 7.80. The number of rotatable bonds is 4. The summed E-state index contributed by atoms with van der Waals surface area (Å²) in [5.41, 5.74) is -0.222. The lowest BCUT2D eigenvalue weighted by molar-refractivity contribution is -0.207. The molecule has 7 atom stereocenters. The number of aliphatic hydroxyl groups is 1. The lowest BCUT2D eigenvalue weighted by Gasteiger charge is -2.59. The number of allylic oxidation sites excluding steroid dienone is 1. The summed E-state index contributed by atoms with van der Waals surface area (Å²) < 4.78 is 10.7. The predicted molar refractivity (Wildman–Crippen MR) is 114 cm³/mol. The van der Waals surface area contributed by atoms with E-state index in [2.05, 4.69) is 13.8 Å². The fourth-order valence-corrected chi connectivity index (χ4v) is 7.80. The van der Waals surface area contributed by atoms with E-state index in [9.17, 15) is 19.5 Å². The standard InChI is InChI=1S/C25H36O6/c1-15(26)30-14-22(31-16(2)27)25(29)12-9-21-19-6-5-17-13-18(28)7-10-23(17,3)20(19)8-11-24(21,25)4/h13,19-22,29H,5-12,14H2,1-4H3/t19-,20+,21+,22+,23-,24-,25-/m0/s1. The van der Waals surface area contributed by atoms with E-state index >= 15 is 0 Å². The molecule has 0 radical (unpaired) electrons. The van der Waals surface area contributed by atoms with Crippen molar-refractivity contribution >= 4 is 17.7 Å². The Morgan fingerprint density at radius 2 is 1.77 bits per heavy atom. The summed E-state index contributed by atoms with van der Waals surface area (Å²) in [7, 11) is 0. The van der Waals surface area contributed by atoms with Crippen LogP contribution in [-0.2, 0) is 23.9 Å². The van der Waals surface area contributed by atoms with Crippen LogP contribution >= 0.6 is 0 Å². The molecule has 6 heteroatoms. The van der Waals surface area contributed by atoms with Crippen molar-refractivity contribution in [2.24, 2.45) is 28.6 Å². The van der Waals surface area contributed by atoms with Crippen LogP contribution in [0.25, 0.3) is 0 Å². The average molecular weight is 433 g/mol. The Morgan fingerprint density at radius 1 is 1.06 bits per heavy atom. The van der Waals surface area contributed by atoms with Gasteiger partial charge in [0.2, 0.25) is 0 Å². The van der Waals surface area contributed by atoms with Gasteiger partial charge in [-0.05, 0) is 74.2 Å². The summed E-state index contributed by atoms with van der Waals surface area (Å²) in [6.07, 6.45) is 7.84. The van der Waals surface area contributed by atoms with Gasteiger partial charge in [-0.1, -0.05) is 19.4 Å². The molecular formula is C25H36O6. The molecule has 6 nitrogen and oxygen atoms in total. The molecule has 4 rings (SSSR count). The second kappa shape index (κ2) is 7.72. The van der Waals surface area contributed by atoms with E-state index in [4.69, 9.17) is 9.47 Å². The molecule has 0 unspecified atom stereocenters. The number of hydrogen-bond donors (Lipinski definition) is 1. The van der Waals surface area contributed by atoms with Gasteiger partial charge >= 0.3 is 11.9 Å². The van der Waals surface area contributed by atoms with Crippen molar-refractivity contribution < 1.29 is 29.0 Å². The number of esters is 2. The maximum absolute atomic E-state index is 12.0. The minimum absolute atomic E-state index is 0.0753. The van der Waals surface area contributed by atoms with E-state index < -0.39 is 29.1 Å². The second-order valence-corrected chi connectivity index (χ2v) is 10.8. The van der Waals surface area contributed by atoms with Crippen LogP contribution in [0.15, 0.2) is 11.6 Å². The van der Waals surface area contributed by atoms with Crippen molar-refractivity contribution in [3.8, 4) is 0 Å². The Hall–Kier alpha value is -1.69. The molecule has 3 saturated carbocycles. The average Bonchev–Trinajstić information content (AvgIpc) is 2.97. The first kappa shape index (κ1) is 22.5. The van der Waals surface area contributed by atoms with Crippen LogP contribution in [0.2, 0.25) is 0 Å². The number of fused-ring (bicyclic) bond motifs is 5. The van der Waals surface area contributed by atoms with Gasteiger partial charge in [0.15, 0.2) is 11.9 Å². The lowest BCUT2D eigenvalue weighted by Crippen LogP contribution is -2.60. The van der Waals surface area contributed by atoms with Gasteiger partial charge in [-0.25, -0.2) is 0 Å². The highest BCUT2D eigenvalue weighted by Crippen LogP contribution is 2.68. The molecule has 0 spiro atoms. The highest BCUT2D eigenvalue weighted by molar-refractivity contribution is 5.91. The third kappa shape index (κ3) is 3.46. The molecule has 172 valence electrons. The summed E-state index contributed by atoms with van der Waals surface area (Å²) in [6, 6.07) is 0. The molecule has 4 aliphatic carbocycles. The third-order valence-electron chi connectivity index (χ3n) is 9.46. The zero-order chi connectivity index (χ0) is 22.6. The molecule has 0 aliphatic heterocycles. The molecular weight excluding hydrogens is 396 g/mol. The zero-order valence-corrected chi connectivity index (χ0v) is 19.2. The Kier molecular flexibility index (Phi) is 5.60. The van der Waals surface area contributed by atoms with Crippen molar-refractivity contribution in [3.05, 3.63) is 11.6 Å². The van der Waals surface area contributed by atoms with Gasteiger partial charge in [-0.3, -0.25) is 14.4 Å². The molecule has 0 bridgehead atoms. The van der Waals surface area contributed by atoms with Gasteiger partial charge < -0.3 is 14.6 Å². The van der Waals surface area contributed by atoms with Crippen molar-refractivity contribution in [2.75, 3.05) is 6.61 Å². The minimum atomic E-state index is -1.22. The second-order valence-electron chi connectivity index (χ2n) is 10.8. The van der Waals surface area contributed by atoms with Crippen molar-refractivity contribution in [2.45, 2.75) is 90.8 Å². The molecule has 0 aromatic rings. The molecule has 0 heterocycles. The maximum atomic E-state index is 12.0. The summed E-state index contributed by atoms with van der Waals surface area (Å²) >= 11 is 0. The van der Waals surface area contributed by atoms with Crippen molar-refractivity contribution in [1.82, 2.24) is 0 Å². The number of carbonyl (C=O) groups excluding carboxylic acids is 3.